The molecule has 7 nitrogen and oxygen atoms in total. The first-order chi connectivity index (χ1) is 12.0. The minimum atomic E-state index is -0.720. The molecule has 0 aliphatic heterocycles. The third-order valence-corrected chi connectivity index (χ3v) is 4.25. The molecular weight excluding hydrogens is 345 g/mol. The van der Waals surface area contributed by atoms with E-state index < -0.39 is 17.9 Å². The molecule has 0 amide bonds. The van der Waals surface area contributed by atoms with Gasteiger partial charge in [-0.25, -0.2) is 9.18 Å². The molecule has 1 aromatic carbocycles. The smallest absolute Gasteiger partial charge is 0.305 e. The number of fused-ring (bicyclic) bond motifs is 1. The molecule has 0 fully saturated rings. The topological polar surface area (TPSA) is 84.7 Å². The van der Waals surface area contributed by atoms with Crippen LogP contribution in [-0.2, 0) is 6.67 Å². The first-order valence-electron chi connectivity index (χ1n) is 7.68. The Balaban J connectivity index is 2.34. The molecule has 25 heavy (non-hydrogen) atoms. The van der Waals surface area contributed by atoms with Crippen molar-refractivity contribution in [2.45, 2.75) is 26.6 Å². The molecule has 0 aliphatic carbocycles. The summed E-state index contributed by atoms with van der Waals surface area (Å²) >= 11 is 1.13. The van der Waals surface area contributed by atoms with Gasteiger partial charge in [-0.1, -0.05) is 0 Å². The number of nitrogens with one attached hydrogen (secondary N) is 2. The summed E-state index contributed by atoms with van der Waals surface area (Å²) in [6.45, 7) is 3.22. The lowest BCUT2D eigenvalue weighted by Gasteiger charge is -2.14. The number of hydrogen-bond donors (Lipinski definition) is 2. The Kier molecular flexibility index (Phi) is 4.67. The molecule has 0 unspecified atom stereocenters. The lowest BCUT2D eigenvalue weighted by Crippen LogP contribution is -2.38. The number of hydrogen-bond acceptors (Lipinski definition) is 5. The first-order valence-corrected chi connectivity index (χ1v) is 8.91. The van der Waals surface area contributed by atoms with Crippen LogP contribution in [0.5, 0.6) is 0 Å². The summed E-state index contributed by atoms with van der Waals surface area (Å²) < 4.78 is 16.3. The summed E-state index contributed by atoms with van der Waals surface area (Å²) in [5.41, 5.74) is 0.911. The van der Waals surface area contributed by atoms with Gasteiger partial charge in [0.05, 0.1) is 16.6 Å². The number of H-pyrrole nitrogens is 1. The van der Waals surface area contributed by atoms with Gasteiger partial charge in [0.1, 0.15) is 6.67 Å². The number of benzene rings is 1. The van der Waals surface area contributed by atoms with Crippen molar-refractivity contribution >= 4 is 22.9 Å². The van der Waals surface area contributed by atoms with Crippen molar-refractivity contribution in [1.82, 2.24) is 19.4 Å². The van der Waals surface area contributed by atoms with Crippen molar-refractivity contribution in [2.75, 3.05) is 11.1 Å². The van der Waals surface area contributed by atoms with Crippen LogP contribution in [0.4, 0.5) is 4.39 Å². The van der Waals surface area contributed by atoms with E-state index >= 15 is 0 Å². The number of rotatable bonds is 5. The second-order valence-corrected chi connectivity index (χ2v) is 6.40. The fraction of sp³-hybridized carbons (Fsp3) is 0.312. The largest absolute Gasteiger partial charge is 0.348 e. The molecule has 2 heterocycles. The Morgan fingerprint density at radius 3 is 2.76 bits per heavy atom. The highest BCUT2D eigenvalue weighted by atomic mass is 32.2. The van der Waals surface area contributed by atoms with E-state index in [1.807, 2.05) is 13.8 Å². The quantitative estimate of drug-likeness (QED) is 0.680. The van der Waals surface area contributed by atoms with Crippen LogP contribution < -0.4 is 16.1 Å². The second kappa shape index (κ2) is 6.75. The molecule has 132 valence electrons. The lowest BCUT2D eigenvalue weighted by molar-refractivity contribution is 0.485. The fourth-order valence-corrected chi connectivity index (χ4v) is 3.12. The lowest BCUT2D eigenvalue weighted by atomic mass is 10.0. The van der Waals surface area contributed by atoms with Crippen molar-refractivity contribution in [1.29, 1.82) is 0 Å². The summed E-state index contributed by atoms with van der Waals surface area (Å²) in [6.07, 6.45) is 3.34. The van der Waals surface area contributed by atoms with Crippen molar-refractivity contribution < 1.29 is 4.39 Å². The Labute approximate surface area is 147 Å². The van der Waals surface area contributed by atoms with Gasteiger partial charge in [0.15, 0.2) is 0 Å². The molecule has 3 aromatic rings. The minimum absolute atomic E-state index is 0.0820. The normalized spacial score (nSPS) is 11.4. The predicted molar refractivity (Wildman–Crippen MR) is 98.1 cm³/mol. The van der Waals surface area contributed by atoms with Gasteiger partial charge in [0.25, 0.3) is 5.56 Å². The maximum Gasteiger partial charge on any atom is 0.348 e. The molecule has 0 saturated heterocycles. The number of alkyl halides is 1. The maximum atomic E-state index is 13.6. The highest BCUT2D eigenvalue weighted by Crippen LogP contribution is 2.29. The van der Waals surface area contributed by atoms with Gasteiger partial charge in [-0.05, 0) is 49.6 Å². The summed E-state index contributed by atoms with van der Waals surface area (Å²) in [5, 5.41) is 4.56. The van der Waals surface area contributed by atoms with Crippen molar-refractivity contribution in [3.05, 3.63) is 50.8 Å². The van der Waals surface area contributed by atoms with Crippen LogP contribution in [0.3, 0.4) is 0 Å². The minimum Gasteiger partial charge on any atom is -0.305 e. The van der Waals surface area contributed by atoms with E-state index in [1.54, 1.807) is 29.3 Å². The van der Waals surface area contributed by atoms with Gasteiger partial charge < -0.3 is 4.98 Å². The molecule has 0 atom stereocenters. The predicted octanol–water partition coefficient (Wildman–Crippen LogP) is 2.43. The van der Waals surface area contributed by atoms with Crippen molar-refractivity contribution in [3.8, 4) is 11.3 Å². The zero-order valence-electron chi connectivity index (χ0n) is 14.0. The number of aromatic nitrogens is 4. The van der Waals surface area contributed by atoms with E-state index in [9.17, 15) is 14.0 Å². The van der Waals surface area contributed by atoms with Gasteiger partial charge in [-0.2, -0.15) is 9.77 Å². The molecule has 2 N–H and O–H groups in total. The highest BCUT2D eigenvalue weighted by Gasteiger charge is 2.16. The van der Waals surface area contributed by atoms with Gasteiger partial charge in [0, 0.05) is 24.1 Å². The average molecular weight is 363 g/mol. The van der Waals surface area contributed by atoms with E-state index in [4.69, 9.17) is 0 Å². The molecule has 0 aliphatic rings. The van der Waals surface area contributed by atoms with Crippen LogP contribution in [0, 0.1) is 0 Å². The third kappa shape index (κ3) is 2.95. The van der Waals surface area contributed by atoms with E-state index in [-0.39, 0.29) is 6.04 Å². The van der Waals surface area contributed by atoms with Crippen LogP contribution in [0.15, 0.2) is 34.0 Å². The summed E-state index contributed by atoms with van der Waals surface area (Å²) in [7, 11) is 0. The molecule has 0 bridgehead atoms. The van der Waals surface area contributed by atoms with Crippen LogP contribution in [0.1, 0.15) is 25.5 Å². The van der Waals surface area contributed by atoms with Gasteiger partial charge in [-0.3, -0.25) is 14.3 Å². The van der Waals surface area contributed by atoms with Crippen LogP contribution in [0.25, 0.3) is 22.2 Å². The summed E-state index contributed by atoms with van der Waals surface area (Å²) in [5.74, 6) is 0. The Morgan fingerprint density at radius 2 is 2.12 bits per heavy atom. The SMILES string of the molecule is CSNn1c(=O)[nH]c2cc(CF)c(-c3ccnn3C(C)C)cc2c1=O. The molecular formula is C16H18FN5O2S. The summed E-state index contributed by atoms with van der Waals surface area (Å²) in [4.78, 5) is 29.9. The van der Waals surface area contributed by atoms with Gasteiger partial charge >= 0.3 is 5.69 Å². The van der Waals surface area contributed by atoms with Crippen molar-refractivity contribution in [3.63, 3.8) is 0 Å². The molecule has 0 saturated carbocycles. The van der Waals surface area contributed by atoms with Crippen LogP contribution in [0.2, 0.25) is 0 Å². The van der Waals surface area contributed by atoms with E-state index in [0.717, 1.165) is 22.3 Å². The monoisotopic (exact) mass is 363 g/mol. The van der Waals surface area contributed by atoms with E-state index in [2.05, 4.69) is 14.9 Å². The average Bonchev–Trinajstić information content (AvgIpc) is 3.07. The number of halogens is 1. The molecule has 0 spiro atoms. The molecule has 9 heteroatoms. The Morgan fingerprint density at radius 1 is 1.36 bits per heavy atom. The van der Waals surface area contributed by atoms with E-state index in [1.165, 1.54) is 6.07 Å². The third-order valence-electron chi connectivity index (χ3n) is 3.88. The maximum absolute atomic E-state index is 13.6. The molecule has 3 rings (SSSR count). The first kappa shape index (κ1) is 17.3. The van der Waals surface area contributed by atoms with Crippen LogP contribution >= 0.6 is 11.9 Å². The highest BCUT2D eigenvalue weighted by molar-refractivity contribution is 7.99. The van der Waals surface area contributed by atoms with Crippen molar-refractivity contribution in [2.24, 2.45) is 0 Å². The zero-order chi connectivity index (χ0) is 18.1. The molecule has 0 radical (unpaired) electrons. The standard InChI is InChI=1S/C16H18FN5O2S/c1-9(2)21-14(4-5-18-21)11-7-12-13(6-10(11)8-17)19-16(24)22(15(12)23)20-25-3/h4-7,9,20H,8H2,1-3H3,(H,19,24). The Bertz CT molecular complexity index is 1040. The zero-order valence-corrected chi connectivity index (χ0v) is 14.9. The second-order valence-electron chi connectivity index (χ2n) is 5.81. The van der Waals surface area contributed by atoms with Gasteiger partial charge in [-0.15, -0.1) is 0 Å². The van der Waals surface area contributed by atoms with E-state index in [0.29, 0.717) is 22.0 Å². The Hall–Kier alpha value is -2.55. The summed E-state index contributed by atoms with van der Waals surface area (Å²) in [6, 6.07) is 4.98. The fourth-order valence-electron chi connectivity index (χ4n) is 2.77. The van der Waals surface area contributed by atoms with Crippen LogP contribution in [-0.4, -0.2) is 25.7 Å². The number of aromatic amines is 1. The van der Waals surface area contributed by atoms with Gasteiger partial charge in [0.2, 0.25) is 0 Å². The number of nitrogens with zero attached hydrogens (tertiary/aromatic N) is 3. The molecule has 2 aromatic heterocycles.